The van der Waals surface area contributed by atoms with Crippen LogP contribution in [0.3, 0.4) is 0 Å². The lowest BCUT2D eigenvalue weighted by Gasteiger charge is -2.56. The van der Waals surface area contributed by atoms with Crippen molar-refractivity contribution in [1.82, 2.24) is 14.5 Å². The third kappa shape index (κ3) is 4.57. The summed E-state index contributed by atoms with van der Waals surface area (Å²) in [4.78, 5) is 47.4. The molecule has 3 aromatic rings. The second-order valence-corrected chi connectivity index (χ2v) is 12.7. The number of halogens is 2. The Morgan fingerprint density at radius 2 is 1.61 bits per heavy atom. The van der Waals surface area contributed by atoms with E-state index in [9.17, 15) is 18.8 Å². The number of piperazine rings is 1. The molecule has 5 fully saturated rings. The van der Waals surface area contributed by atoms with Crippen LogP contribution in [0.5, 0.6) is 0 Å². The van der Waals surface area contributed by atoms with Crippen molar-refractivity contribution in [2.75, 3.05) is 31.1 Å². The van der Waals surface area contributed by atoms with Gasteiger partial charge in [0.1, 0.15) is 17.5 Å². The van der Waals surface area contributed by atoms with Crippen molar-refractivity contribution in [3.05, 3.63) is 63.9 Å². The second kappa shape index (κ2) is 9.63. The Kier molecular flexibility index (Phi) is 6.13. The van der Waals surface area contributed by atoms with Crippen molar-refractivity contribution in [2.24, 2.45) is 28.9 Å². The molecule has 8 nitrogen and oxygen atoms in total. The number of nitrogens with zero attached hydrogens (tertiary/aromatic N) is 4. The third-order valence-electron chi connectivity index (χ3n) is 9.92. The van der Waals surface area contributed by atoms with E-state index in [1.54, 1.807) is 17.0 Å². The number of anilines is 1. The maximum atomic E-state index is 15.1. The topological polar surface area (TPSA) is 102 Å². The zero-order valence-electron chi connectivity index (χ0n) is 22.8. The molecule has 4 bridgehead atoms. The van der Waals surface area contributed by atoms with Crippen LogP contribution in [0.4, 0.5) is 19.4 Å². The number of benzene rings is 1. The zero-order valence-corrected chi connectivity index (χ0v) is 22.8. The molecule has 8 rings (SSSR count). The monoisotopic (exact) mass is 561 g/mol. The van der Waals surface area contributed by atoms with Gasteiger partial charge in [0, 0.05) is 44.9 Å². The molecule has 1 saturated heterocycles. The summed E-state index contributed by atoms with van der Waals surface area (Å²) in [7, 11) is 0. The summed E-state index contributed by atoms with van der Waals surface area (Å²) in [5, 5.41) is 0.199. The molecule has 2 aromatic heterocycles. The van der Waals surface area contributed by atoms with Crippen LogP contribution in [-0.2, 0) is 0 Å². The first-order chi connectivity index (χ1) is 19.7. The molecule has 3 heterocycles. The summed E-state index contributed by atoms with van der Waals surface area (Å²) in [6, 6.07) is 6.07. The van der Waals surface area contributed by atoms with Gasteiger partial charge in [0.2, 0.25) is 5.43 Å². The second-order valence-electron chi connectivity index (χ2n) is 12.7. The minimum absolute atomic E-state index is 0.00320. The SMILES string of the molecule is NC(=O)N1CCN(c2ccc3c(=O)c(C(=O)CC45CC6CC(CC(C6)C4)C5)cn(-c4ccc(F)cc4F)c3n2)CC1. The summed E-state index contributed by atoms with van der Waals surface area (Å²) >= 11 is 0. The molecule has 41 heavy (non-hydrogen) atoms. The van der Waals surface area contributed by atoms with Crippen molar-refractivity contribution in [2.45, 2.75) is 44.9 Å². The van der Waals surface area contributed by atoms with E-state index in [0.717, 1.165) is 31.4 Å². The molecule has 0 spiro atoms. The first-order valence-electron chi connectivity index (χ1n) is 14.5. The molecular formula is C31H33F2N5O3. The number of carbonyl (C=O) groups is 2. The number of urea groups is 1. The van der Waals surface area contributed by atoms with Gasteiger partial charge in [-0.25, -0.2) is 18.6 Å². The van der Waals surface area contributed by atoms with Gasteiger partial charge in [0.05, 0.1) is 16.6 Å². The molecule has 214 valence electrons. The Labute approximate surface area is 236 Å². The average Bonchev–Trinajstić information content (AvgIpc) is 2.92. The predicted octanol–water partition coefficient (Wildman–Crippen LogP) is 4.65. The number of hydrogen-bond acceptors (Lipinski definition) is 5. The molecule has 0 radical (unpaired) electrons. The standard InChI is InChI=1S/C31H33F2N5O3/c32-21-1-3-25(24(33)12-21)38-17-23(26(39)16-31-13-18-9-19(14-31)11-20(10-18)15-31)28(40)22-2-4-27(35-29(22)38)36-5-7-37(8-6-36)30(34)41/h1-4,12,17-20H,5-11,13-16H2,(H2,34,41). The number of rotatable bonds is 5. The van der Waals surface area contributed by atoms with Gasteiger partial charge in [-0.2, -0.15) is 0 Å². The summed E-state index contributed by atoms with van der Waals surface area (Å²) in [5.74, 6) is 0.786. The predicted molar refractivity (Wildman–Crippen MR) is 150 cm³/mol. The maximum Gasteiger partial charge on any atom is 0.314 e. The van der Waals surface area contributed by atoms with Gasteiger partial charge in [-0.1, -0.05) is 0 Å². The quantitative estimate of drug-likeness (QED) is 0.457. The first-order valence-corrected chi connectivity index (χ1v) is 14.5. The van der Waals surface area contributed by atoms with Crippen LogP contribution in [0.25, 0.3) is 16.7 Å². The van der Waals surface area contributed by atoms with Crippen LogP contribution in [0.2, 0.25) is 0 Å². The van der Waals surface area contributed by atoms with Crippen LogP contribution in [0, 0.1) is 34.8 Å². The molecule has 0 unspecified atom stereocenters. The largest absolute Gasteiger partial charge is 0.353 e. The molecule has 4 aliphatic carbocycles. The Morgan fingerprint density at radius 1 is 0.951 bits per heavy atom. The molecule has 4 saturated carbocycles. The van der Waals surface area contributed by atoms with E-state index >= 15 is 4.39 Å². The number of nitrogens with two attached hydrogens (primary N) is 1. The van der Waals surface area contributed by atoms with Crippen molar-refractivity contribution in [3.63, 3.8) is 0 Å². The lowest BCUT2D eigenvalue weighted by molar-refractivity contribution is -0.0524. The normalized spacial score (nSPS) is 27.0. The molecule has 2 N–H and O–H groups in total. The fraction of sp³-hybridized carbons (Fsp3) is 0.484. The number of fused-ring (bicyclic) bond motifs is 1. The Morgan fingerprint density at radius 3 is 2.22 bits per heavy atom. The van der Waals surface area contributed by atoms with Crippen LogP contribution in [0.15, 0.2) is 41.3 Å². The van der Waals surface area contributed by atoms with E-state index in [1.165, 1.54) is 36.1 Å². The minimum Gasteiger partial charge on any atom is -0.353 e. The number of amides is 2. The van der Waals surface area contributed by atoms with Gasteiger partial charge in [-0.15, -0.1) is 0 Å². The van der Waals surface area contributed by atoms with Gasteiger partial charge in [0.25, 0.3) is 0 Å². The molecule has 2 amide bonds. The number of aromatic nitrogens is 2. The fourth-order valence-corrected chi connectivity index (χ4v) is 8.53. The average molecular weight is 562 g/mol. The van der Waals surface area contributed by atoms with Crippen LogP contribution < -0.4 is 16.1 Å². The smallest absolute Gasteiger partial charge is 0.314 e. The van der Waals surface area contributed by atoms with Crippen molar-refractivity contribution in [1.29, 1.82) is 0 Å². The van der Waals surface area contributed by atoms with Gasteiger partial charge in [-0.3, -0.25) is 14.2 Å². The van der Waals surface area contributed by atoms with E-state index in [1.807, 2.05) is 4.90 Å². The van der Waals surface area contributed by atoms with E-state index in [-0.39, 0.29) is 33.5 Å². The van der Waals surface area contributed by atoms with E-state index in [4.69, 9.17) is 10.7 Å². The highest BCUT2D eigenvalue weighted by Gasteiger charge is 2.51. The summed E-state index contributed by atoms with van der Waals surface area (Å²) < 4.78 is 30.4. The number of pyridine rings is 2. The lowest BCUT2D eigenvalue weighted by atomic mass is 9.48. The minimum atomic E-state index is -0.822. The number of primary amides is 1. The highest BCUT2D eigenvalue weighted by molar-refractivity contribution is 5.99. The van der Waals surface area contributed by atoms with Crippen LogP contribution in [-0.4, -0.2) is 52.4 Å². The number of hydrogen-bond donors (Lipinski definition) is 1. The summed E-state index contributed by atoms with van der Waals surface area (Å²) in [6.07, 6.45) is 8.58. The summed E-state index contributed by atoms with van der Waals surface area (Å²) in [5.41, 5.74) is 5.12. The fourth-order valence-electron chi connectivity index (χ4n) is 8.53. The molecule has 1 aliphatic heterocycles. The zero-order chi connectivity index (χ0) is 28.5. The van der Waals surface area contributed by atoms with Crippen molar-refractivity contribution >= 4 is 28.7 Å². The molecule has 0 atom stereocenters. The first kappa shape index (κ1) is 26.1. The van der Waals surface area contributed by atoms with E-state index in [2.05, 4.69) is 0 Å². The number of ketones is 1. The van der Waals surface area contributed by atoms with Gasteiger partial charge in [0.15, 0.2) is 11.4 Å². The molecule has 5 aliphatic rings. The van der Waals surface area contributed by atoms with Crippen molar-refractivity contribution < 1.29 is 18.4 Å². The van der Waals surface area contributed by atoms with Gasteiger partial charge >= 0.3 is 6.03 Å². The lowest BCUT2D eigenvalue weighted by Crippen LogP contribution is -2.50. The summed E-state index contributed by atoms with van der Waals surface area (Å²) in [6.45, 7) is 1.81. The van der Waals surface area contributed by atoms with Crippen LogP contribution >= 0.6 is 0 Å². The highest BCUT2D eigenvalue weighted by atomic mass is 19.1. The van der Waals surface area contributed by atoms with E-state index in [0.29, 0.717) is 56.2 Å². The number of carbonyl (C=O) groups excluding carboxylic acids is 2. The molecular weight excluding hydrogens is 528 g/mol. The Balaban J connectivity index is 1.29. The molecule has 1 aromatic carbocycles. The third-order valence-corrected chi connectivity index (χ3v) is 9.92. The van der Waals surface area contributed by atoms with Gasteiger partial charge in [-0.05, 0) is 86.0 Å². The maximum absolute atomic E-state index is 15.1. The Hall–Kier alpha value is -3.82. The van der Waals surface area contributed by atoms with Crippen LogP contribution in [0.1, 0.15) is 55.3 Å². The van der Waals surface area contributed by atoms with Gasteiger partial charge < -0.3 is 15.5 Å². The molecule has 10 heteroatoms. The van der Waals surface area contributed by atoms with Crippen molar-refractivity contribution in [3.8, 4) is 5.69 Å². The highest BCUT2D eigenvalue weighted by Crippen LogP contribution is 2.61. The van der Waals surface area contributed by atoms with E-state index < -0.39 is 23.1 Å². The Bertz CT molecular complexity index is 1590. The number of Topliss-reactive ketones (excluding diaryl/α,β-unsaturated/α-hetero) is 1.